The zero-order chi connectivity index (χ0) is 13.0. The number of nitrogens with two attached hydrogens (primary N) is 1. The molecule has 0 aromatic carbocycles. The Labute approximate surface area is 97.5 Å². The predicted octanol–water partition coefficient (Wildman–Crippen LogP) is 0.963. The molecule has 92 valence electrons. The molecule has 0 aliphatic carbocycles. The maximum absolute atomic E-state index is 11.5. The first-order chi connectivity index (χ1) is 7.12. The zero-order valence-corrected chi connectivity index (χ0v) is 10.8. The molecule has 0 saturated heterocycles. The van der Waals surface area contributed by atoms with Gasteiger partial charge in [-0.3, -0.25) is 9.59 Å². The quantitative estimate of drug-likeness (QED) is 0.561. The lowest BCUT2D eigenvalue weighted by atomic mass is 9.75. The maximum atomic E-state index is 11.5. The van der Waals surface area contributed by atoms with Gasteiger partial charge in [0.15, 0.2) is 0 Å². The summed E-state index contributed by atoms with van der Waals surface area (Å²) in [6, 6.07) is 0. The number of carbonyl (C=O) groups is 2. The first-order valence-corrected chi connectivity index (χ1v) is 5.27. The number of carbonyl (C=O) groups excluding carboxylic acids is 2. The van der Waals surface area contributed by atoms with Crippen LogP contribution < -0.4 is 5.73 Å². The number of aldehydes is 1. The Morgan fingerprint density at radius 2 is 1.81 bits per heavy atom. The summed E-state index contributed by atoms with van der Waals surface area (Å²) < 4.78 is 0. The molecular weight excluding hydrogens is 204 g/mol. The van der Waals surface area contributed by atoms with E-state index in [2.05, 4.69) is 0 Å². The highest BCUT2D eigenvalue weighted by atomic mass is 16.2. The Morgan fingerprint density at radius 3 is 2.19 bits per heavy atom. The van der Waals surface area contributed by atoms with Crippen LogP contribution in [0.1, 0.15) is 27.7 Å². The summed E-state index contributed by atoms with van der Waals surface area (Å²) in [5.74, 6) is -0.190. The molecule has 0 fully saturated rings. The van der Waals surface area contributed by atoms with E-state index in [1.54, 1.807) is 11.9 Å². The van der Waals surface area contributed by atoms with Crippen LogP contribution in [-0.4, -0.2) is 36.2 Å². The van der Waals surface area contributed by atoms with Crippen LogP contribution in [0.5, 0.6) is 0 Å². The Balaban J connectivity index is 4.56. The molecule has 0 saturated carbocycles. The molecule has 16 heavy (non-hydrogen) atoms. The van der Waals surface area contributed by atoms with Crippen molar-refractivity contribution in [1.29, 1.82) is 0 Å². The van der Waals surface area contributed by atoms with Crippen molar-refractivity contribution in [2.24, 2.45) is 11.1 Å². The molecule has 0 aliphatic heterocycles. The minimum absolute atomic E-state index is 0.190. The standard InChI is InChI=1S/C12H22N2O2/c1-11(2,12(3,4)13)9-14(5)10(16)7-6-8-15/h6-8H,9,13H2,1-5H3/b7-6-. The molecule has 0 radical (unpaired) electrons. The first kappa shape index (κ1) is 14.8. The molecule has 0 bridgehead atoms. The Bertz CT molecular complexity index is 288. The van der Waals surface area contributed by atoms with Gasteiger partial charge in [-0.05, 0) is 25.3 Å². The minimum Gasteiger partial charge on any atom is -0.342 e. The summed E-state index contributed by atoms with van der Waals surface area (Å²) in [6.45, 7) is 8.44. The summed E-state index contributed by atoms with van der Waals surface area (Å²) in [5.41, 5.74) is 5.47. The van der Waals surface area contributed by atoms with Gasteiger partial charge in [0, 0.05) is 25.2 Å². The van der Waals surface area contributed by atoms with Gasteiger partial charge in [0.2, 0.25) is 5.91 Å². The van der Waals surface area contributed by atoms with Crippen LogP contribution in [0.3, 0.4) is 0 Å². The first-order valence-electron chi connectivity index (χ1n) is 5.27. The van der Waals surface area contributed by atoms with Gasteiger partial charge >= 0.3 is 0 Å². The van der Waals surface area contributed by atoms with E-state index in [9.17, 15) is 9.59 Å². The normalized spacial score (nSPS) is 12.9. The largest absolute Gasteiger partial charge is 0.342 e. The van der Waals surface area contributed by atoms with Crippen LogP contribution in [0, 0.1) is 5.41 Å². The topological polar surface area (TPSA) is 63.4 Å². The summed E-state index contributed by atoms with van der Waals surface area (Å²) in [5, 5.41) is 0. The van der Waals surface area contributed by atoms with Gasteiger partial charge in [-0.25, -0.2) is 0 Å². The van der Waals surface area contributed by atoms with Gasteiger partial charge in [-0.15, -0.1) is 0 Å². The third-order valence-corrected chi connectivity index (χ3v) is 3.07. The fraction of sp³-hybridized carbons (Fsp3) is 0.667. The number of nitrogens with zero attached hydrogens (tertiary/aromatic N) is 1. The van der Waals surface area contributed by atoms with E-state index < -0.39 is 0 Å². The van der Waals surface area contributed by atoms with Crippen molar-refractivity contribution in [3.63, 3.8) is 0 Å². The van der Waals surface area contributed by atoms with Gasteiger partial charge < -0.3 is 10.6 Å². The van der Waals surface area contributed by atoms with Gasteiger partial charge in [-0.2, -0.15) is 0 Å². The monoisotopic (exact) mass is 226 g/mol. The molecule has 0 unspecified atom stereocenters. The zero-order valence-electron chi connectivity index (χ0n) is 10.8. The maximum Gasteiger partial charge on any atom is 0.246 e. The minimum atomic E-state index is -0.379. The summed E-state index contributed by atoms with van der Waals surface area (Å²) >= 11 is 0. The molecular formula is C12H22N2O2. The van der Waals surface area contributed by atoms with Crippen molar-refractivity contribution in [3.8, 4) is 0 Å². The van der Waals surface area contributed by atoms with E-state index in [0.29, 0.717) is 12.8 Å². The lowest BCUT2D eigenvalue weighted by Gasteiger charge is -2.41. The summed E-state index contributed by atoms with van der Waals surface area (Å²) in [6.07, 6.45) is 3.04. The van der Waals surface area contributed by atoms with Crippen LogP contribution in [0.2, 0.25) is 0 Å². The number of rotatable bonds is 5. The van der Waals surface area contributed by atoms with Crippen LogP contribution in [-0.2, 0) is 9.59 Å². The second-order valence-corrected chi connectivity index (χ2v) is 5.30. The molecule has 1 amide bonds. The second-order valence-electron chi connectivity index (χ2n) is 5.30. The van der Waals surface area contributed by atoms with Crippen LogP contribution >= 0.6 is 0 Å². The molecule has 0 atom stereocenters. The van der Waals surface area contributed by atoms with Crippen molar-refractivity contribution in [3.05, 3.63) is 12.2 Å². The molecule has 0 aliphatic rings. The van der Waals surface area contributed by atoms with E-state index in [1.165, 1.54) is 12.2 Å². The van der Waals surface area contributed by atoms with E-state index in [1.807, 2.05) is 27.7 Å². The fourth-order valence-electron chi connectivity index (χ4n) is 1.12. The molecule has 0 spiro atoms. The van der Waals surface area contributed by atoms with Gasteiger partial charge in [0.05, 0.1) is 0 Å². The summed E-state index contributed by atoms with van der Waals surface area (Å²) in [7, 11) is 1.70. The Kier molecular flexibility index (Phi) is 4.87. The van der Waals surface area contributed by atoms with Crippen LogP contribution in [0.4, 0.5) is 0 Å². The van der Waals surface area contributed by atoms with Gasteiger partial charge in [0.1, 0.15) is 6.29 Å². The molecule has 4 heteroatoms. The van der Waals surface area contributed by atoms with Crippen molar-refractivity contribution in [2.75, 3.05) is 13.6 Å². The SMILES string of the molecule is CN(CC(C)(C)C(C)(C)N)C(=O)/C=C\C=O. The lowest BCUT2D eigenvalue weighted by Crippen LogP contribution is -2.53. The van der Waals surface area contributed by atoms with Gasteiger partial charge in [-0.1, -0.05) is 13.8 Å². The number of likely N-dealkylation sites (N-methyl/N-ethyl adjacent to an activating group) is 1. The van der Waals surface area contributed by atoms with E-state index in [4.69, 9.17) is 5.73 Å². The van der Waals surface area contributed by atoms with Gasteiger partial charge in [0.25, 0.3) is 0 Å². The fourth-order valence-corrected chi connectivity index (χ4v) is 1.12. The molecule has 0 rings (SSSR count). The average Bonchev–Trinajstić information content (AvgIpc) is 2.11. The third-order valence-electron chi connectivity index (χ3n) is 3.07. The molecule has 0 aromatic rings. The highest BCUT2D eigenvalue weighted by molar-refractivity contribution is 5.90. The van der Waals surface area contributed by atoms with E-state index in [0.717, 1.165) is 0 Å². The highest BCUT2D eigenvalue weighted by Gasteiger charge is 2.34. The van der Waals surface area contributed by atoms with Crippen LogP contribution in [0.15, 0.2) is 12.2 Å². The van der Waals surface area contributed by atoms with Crippen molar-refractivity contribution in [1.82, 2.24) is 4.90 Å². The predicted molar refractivity (Wildman–Crippen MR) is 64.9 cm³/mol. The van der Waals surface area contributed by atoms with Crippen LogP contribution in [0.25, 0.3) is 0 Å². The average molecular weight is 226 g/mol. The van der Waals surface area contributed by atoms with Crippen molar-refractivity contribution < 1.29 is 9.59 Å². The smallest absolute Gasteiger partial charge is 0.246 e. The number of amides is 1. The number of hydrogen-bond donors (Lipinski definition) is 1. The molecule has 0 aromatic heterocycles. The van der Waals surface area contributed by atoms with Crippen molar-refractivity contribution >= 4 is 12.2 Å². The Hall–Kier alpha value is -1.16. The molecule has 0 heterocycles. The van der Waals surface area contributed by atoms with Crippen molar-refractivity contribution in [2.45, 2.75) is 33.2 Å². The number of allylic oxidation sites excluding steroid dienone is 1. The Morgan fingerprint density at radius 1 is 1.31 bits per heavy atom. The highest BCUT2D eigenvalue weighted by Crippen LogP contribution is 2.28. The summed E-state index contributed by atoms with van der Waals surface area (Å²) in [4.78, 5) is 23.2. The molecule has 4 nitrogen and oxygen atoms in total. The van der Waals surface area contributed by atoms with E-state index in [-0.39, 0.29) is 16.9 Å². The second kappa shape index (κ2) is 5.25. The number of hydrogen-bond acceptors (Lipinski definition) is 3. The lowest BCUT2D eigenvalue weighted by molar-refractivity contribution is -0.126. The molecule has 2 N–H and O–H groups in total. The van der Waals surface area contributed by atoms with E-state index >= 15 is 0 Å². The third kappa shape index (κ3) is 4.14.